The number of piperidine rings is 1. The fraction of sp³-hybridized carbons (Fsp3) is 0.185. The molecule has 2 aromatic carbocycles. The van der Waals surface area contributed by atoms with E-state index >= 15 is 0 Å². The number of carbonyl (C=O) groups is 4. The summed E-state index contributed by atoms with van der Waals surface area (Å²) >= 11 is 9.47. The molecule has 4 rings (SSSR count). The summed E-state index contributed by atoms with van der Waals surface area (Å²) in [5, 5.41) is 14.6. The van der Waals surface area contributed by atoms with Crippen molar-refractivity contribution in [3.05, 3.63) is 58.7 Å². The van der Waals surface area contributed by atoms with E-state index in [1.54, 1.807) is 36.4 Å². The number of rotatable bonds is 6. The fourth-order valence-electron chi connectivity index (χ4n) is 3.62. The number of methoxy groups -OCH3 is 4. The molecule has 0 atom stereocenters. The third-order valence-corrected chi connectivity index (χ3v) is 6.17. The summed E-state index contributed by atoms with van der Waals surface area (Å²) in [6.45, 7) is 0. The Labute approximate surface area is 245 Å². The molecule has 0 aliphatic carbocycles. The molecule has 2 heterocycles. The van der Waals surface area contributed by atoms with Gasteiger partial charge in [-0.25, -0.2) is 0 Å². The molecule has 0 spiro atoms. The van der Waals surface area contributed by atoms with Crippen LogP contribution in [0.3, 0.4) is 0 Å². The minimum Gasteiger partial charge on any atom is -0.493 e. The number of nitrogens with zero attached hydrogens (tertiary/aromatic N) is 1. The van der Waals surface area contributed by atoms with Crippen LogP contribution in [0.25, 0.3) is 12.2 Å². The van der Waals surface area contributed by atoms with Crippen molar-refractivity contribution in [1.29, 1.82) is 0 Å². The van der Waals surface area contributed by atoms with Crippen LogP contribution in [0.2, 0.25) is 0 Å². The number of ether oxygens (including phenoxy) is 4. The smallest absolute Gasteiger partial charge is 0.286 e. The lowest BCUT2D eigenvalue weighted by Crippen LogP contribution is -2.51. The fourth-order valence-corrected chi connectivity index (χ4v) is 4.02. The lowest BCUT2D eigenvalue weighted by Gasteiger charge is -2.21. The summed E-state index contributed by atoms with van der Waals surface area (Å²) in [7, 11) is 6.03. The Kier molecular flexibility index (Phi) is 10.2. The number of ketones is 1. The van der Waals surface area contributed by atoms with Gasteiger partial charge in [0.15, 0.2) is 33.9 Å². The van der Waals surface area contributed by atoms with Crippen molar-refractivity contribution in [2.24, 2.45) is 0 Å². The van der Waals surface area contributed by atoms with Crippen LogP contribution in [-0.2, 0) is 19.2 Å². The zero-order chi connectivity index (χ0) is 30.3. The highest BCUT2D eigenvalue weighted by atomic mass is 32.1. The quantitative estimate of drug-likeness (QED) is 0.194. The first-order valence-electron chi connectivity index (χ1n) is 11.7. The van der Waals surface area contributed by atoms with Gasteiger partial charge in [-0.1, -0.05) is 24.4 Å². The van der Waals surface area contributed by atoms with Crippen LogP contribution >= 0.6 is 24.4 Å². The van der Waals surface area contributed by atoms with Gasteiger partial charge in [-0.15, -0.1) is 0 Å². The highest BCUT2D eigenvalue weighted by Gasteiger charge is 2.32. The van der Waals surface area contributed by atoms with Crippen molar-refractivity contribution in [2.45, 2.75) is 6.42 Å². The molecule has 3 amide bonds. The molecule has 0 radical (unpaired) electrons. The Balaban J connectivity index is 0.000000226. The van der Waals surface area contributed by atoms with Crippen molar-refractivity contribution >= 4 is 70.2 Å². The molecule has 2 fully saturated rings. The first kappa shape index (κ1) is 30.9. The molecule has 214 valence electrons. The Morgan fingerprint density at radius 1 is 0.732 bits per heavy atom. The Hall–Kier alpha value is -4.66. The maximum atomic E-state index is 11.9. The number of hydrogen-bond donors (Lipinski definition) is 3. The van der Waals surface area contributed by atoms with Crippen LogP contribution in [0, 0.1) is 0 Å². The highest BCUT2D eigenvalue weighted by molar-refractivity contribution is 7.80. The van der Waals surface area contributed by atoms with Gasteiger partial charge < -0.3 is 18.9 Å². The summed E-state index contributed by atoms with van der Waals surface area (Å²) in [5.74, 6) is -0.245. The summed E-state index contributed by atoms with van der Waals surface area (Å²) in [4.78, 5) is 47.1. The van der Waals surface area contributed by atoms with Gasteiger partial charge in [0.1, 0.15) is 10.6 Å². The second kappa shape index (κ2) is 13.6. The van der Waals surface area contributed by atoms with E-state index in [1.807, 2.05) is 0 Å². The van der Waals surface area contributed by atoms with Gasteiger partial charge in [-0.3, -0.25) is 35.0 Å². The van der Waals surface area contributed by atoms with Gasteiger partial charge in [0, 0.05) is 0 Å². The lowest BCUT2D eigenvalue weighted by molar-refractivity contribution is -0.147. The van der Waals surface area contributed by atoms with Crippen molar-refractivity contribution < 1.29 is 43.3 Å². The molecule has 2 saturated heterocycles. The first-order chi connectivity index (χ1) is 19.5. The number of carbonyl (C=O) groups excluding carboxylic acids is 4. The third kappa shape index (κ3) is 7.30. The van der Waals surface area contributed by atoms with Crippen molar-refractivity contribution in [2.75, 3.05) is 28.4 Å². The number of hydroxylamine groups is 2. The van der Waals surface area contributed by atoms with Crippen LogP contribution in [0.1, 0.15) is 17.5 Å². The zero-order valence-corrected chi connectivity index (χ0v) is 23.9. The number of amides is 3. The molecule has 0 bridgehead atoms. The van der Waals surface area contributed by atoms with Crippen LogP contribution in [-0.4, -0.2) is 72.3 Å². The number of benzene rings is 2. The molecule has 14 heteroatoms. The number of hydrogen-bond acceptors (Lipinski definition) is 11. The van der Waals surface area contributed by atoms with Gasteiger partial charge >= 0.3 is 0 Å². The minimum absolute atomic E-state index is 0.00413. The van der Waals surface area contributed by atoms with Crippen LogP contribution in [0.4, 0.5) is 0 Å². The number of thiocarbonyl (C=S) groups is 2. The van der Waals surface area contributed by atoms with Gasteiger partial charge in [-0.05, 0) is 59.8 Å². The predicted octanol–water partition coefficient (Wildman–Crippen LogP) is 2.22. The molecule has 3 N–H and O–H groups in total. The van der Waals surface area contributed by atoms with E-state index in [4.69, 9.17) is 43.4 Å². The molecule has 2 aliphatic rings. The zero-order valence-electron chi connectivity index (χ0n) is 22.3. The average Bonchev–Trinajstić information content (AvgIpc) is 2.96. The maximum Gasteiger partial charge on any atom is 0.286 e. The molecule has 41 heavy (non-hydrogen) atoms. The van der Waals surface area contributed by atoms with E-state index < -0.39 is 23.5 Å². The number of Topliss-reactive ketones (excluding diaryl/α,β-unsaturated/α-hetero) is 1. The predicted molar refractivity (Wildman–Crippen MR) is 155 cm³/mol. The van der Waals surface area contributed by atoms with E-state index in [-0.39, 0.29) is 27.7 Å². The molecular formula is C27H25N3O9S2. The molecular weight excluding hydrogens is 574 g/mol. The van der Waals surface area contributed by atoms with E-state index in [0.29, 0.717) is 39.2 Å². The van der Waals surface area contributed by atoms with Crippen molar-refractivity contribution in [1.82, 2.24) is 15.7 Å². The SMILES string of the molecule is COc1ccc(C=C2C(=O)CC(=S)N(O)C2=O)cc1OC.COc1ccc(C=C2C(=O)NC(=S)NC2=O)cc1OC. The summed E-state index contributed by atoms with van der Waals surface area (Å²) in [6.07, 6.45) is 2.67. The van der Waals surface area contributed by atoms with Crippen LogP contribution in [0.15, 0.2) is 47.5 Å². The largest absolute Gasteiger partial charge is 0.493 e. The molecule has 12 nitrogen and oxygen atoms in total. The molecule has 0 unspecified atom stereocenters. The van der Waals surface area contributed by atoms with Gasteiger partial charge in [0.05, 0.1) is 40.4 Å². The highest BCUT2D eigenvalue weighted by Crippen LogP contribution is 2.30. The maximum absolute atomic E-state index is 11.9. The molecule has 2 aliphatic heterocycles. The molecule has 2 aromatic rings. The van der Waals surface area contributed by atoms with E-state index in [1.165, 1.54) is 40.6 Å². The monoisotopic (exact) mass is 599 g/mol. The van der Waals surface area contributed by atoms with Crippen molar-refractivity contribution in [3.63, 3.8) is 0 Å². The summed E-state index contributed by atoms with van der Waals surface area (Å²) in [6, 6.07) is 10.0. The second-order valence-corrected chi connectivity index (χ2v) is 9.07. The van der Waals surface area contributed by atoms with Crippen LogP contribution in [0.5, 0.6) is 23.0 Å². The molecule has 0 aromatic heterocycles. The van der Waals surface area contributed by atoms with E-state index in [2.05, 4.69) is 10.6 Å². The summed E-state index contributed by atoms with van der Waals surface area (Å²) < 4.78 is 20.5. The average molecular weight is 600 g/mol. The van der Waals surface area contributed by atoms with Gasteiger partial charge in [0.25, 0.3) is 17.7 Å². The Bertz CT molecular complexity index is 1480. The second-order valence-electron chi connectivity index (χ2n) is 8.19. The lowest BCUT2D eigenvalue weighted by atomic mass is 10.0. The first-order valence-corrected chi connectivity index (χ1v) is 12.5. The minimum atomic E-state index is -0.828. The Morgan fingerprint density at radius 2 is 1.17 bits per heavy atom. The standard InChI is InChI=1S/C14H13NO5S.C13H12N2O4S/c1-19-11-4-3-8(6-12(11)20-2)5-9-10(16)7-13(21)15(18)14(9)17;1-18-9-4-3-7(6-10(9)19-2)5-8-11(16)14-13(20)15-12(8)17/h3-6,18H,7H2,1-2H3;3-6H,1-2H3,(H2,14,15,16,17,20). The van der Waals surface area contributed by atoms with Crippen molar-refractivity contribution in [3.8, 4) is 23.0 Å². The Morgan fingerprint density at radius 3 is 1.61 bits per heavy atom. The van der Waals surface area contributed by atoms with Gasteiger partial charge in [0.2, 0.25) is 0 Å². The topological polar surface area (TPSA) is 153 Å². The summed E-state index contributed by atoms with van der Waals surface area (Å²) in [5.41, 5.74) is 1.06. The molecule has 0 saturated carbocycles. The van der Waals surface area contributed by atoms with E-state index in [0.717, 1.165) is 0 Å². The normalized spacial score (nSPS) is 16.0. The van der Waals surface area contributed by atoms with Crippen LogP contribution < -0.4 is 29.6 Å². The number of nitrogens with one attached hydrogen (secondary N) is 2. The third-order valence-electron chi connectivity index (χ3n) is 5.65. The van der Waals surface area contributed by atoms with E-state index in [9.17, 15) is 24.4 Å². The van der Waals surface area contributed by atoms with Gasteiger partial charge in [-0.2, -0.15) is 5.06 Å².